The SMILES string of the molecule is COc1cc(F)cc2cc(-c3cnn4c(N)c(C(C)=O)c(C5C[C@H]6CC[C@@H](C5)N6C(=O)CO)nc34)cnc12. The first-order chi connectivity index (χ1) is 18.3. The Morgan fingerprint density at radius 1 is 1.18 bits per heavy atom. The number of carbonyl (C=O) groups excluding carboxylic acids is 2. The lowest BCUT2D eigenvalue weighted by molar-refractivity contribution is -0.138. The number of amides is 1. The highest BCUT2D eigenvalue weighted by Gasteiger charge is 2.44. The van der Waals surface area contributed by atoms with Gasteiger partial charge >= 0.3 is 0 Å². The van der Waals surface area contributed by atoms with Crippen LogP contribution in [0.4, 0.5) is 10.2 Å². The quantitative estimate of drug-likeness (QED) is 0.385. The number of carbonyl (C=O) groups is 2. The van der Waals surface area contributed by atoms with Gasteiger partial charge in [0.05, 0.1) is 24.6 Å². The number of nitrogens with two attached hydrogens (primary N) is 1. The van der Waals surface area contributed by atoms with E-state index in [4.69, 9.17) is 15.5 Å². The van der Waals surface area contributed by atoms with Gasteiger partial charge in [-0.1, -0.05) is 0 Å². The van der Waals surface area contributed by atoms with E-state index in [-0.39, 0.29) is 35.5 Å². The number of anilines is 1. The van der Waals surface area contributed by atoms with Crippen molar-refractivity contribution in [1.82, 2.24) is 24.5 Å². The number of benzene rings is 1. The third kappa shape index (κ3) is 3.68. The van der Waals surface area contributed by atoms with Gasteiger partial charge in [-0.2, -0.15) is 9.61 Å². The molecule has 10 nitrogen and oxygen atoms in total. The van der Waals surface area contributed by atoms with Gasteiger partial charge in [-0.05, 0) is 44.7 Å². The van der Waals surface area contributed by atoms with E-state index in [1.54, 1.807) is 23.4 Å². The minimum atomic E-state index is -0.512. The van der Waals surface area contributed by atoms with Gasteiger partial charge < -0.3 is 20.5 Å². The monoisotopic (exact) mass is 518 g/mol. The van der Waals surface area contributed by atoms with Crippen LogP contribution in [0.15, 0.2) is 30.6 Å². The second kappa shape index (κ2) is 9.02. The smallest absolute Gasteiger partial charge is 0.248 e. The van der Waals surface area contributed by atoms with E-state index in [2.05, 4.69) is 10.1 Å². The first kappa shape index (κ1) is 24.2. The van der Waals surface area contributed by atoms with Crippen molar-refractivity contribution in [3.8, 4) is 16.9 Å². The van der Waals surface area contributed by atoms with Crippen molar-refractivity contribution in [2.75, 3.05) is 19.5 Å². The molecule has 196 valence electrons. The molecule has 2 aliphatic heterocycles. The fourth-order valence-corrected chi connectivity index (χ4v) is 6.27. The number of aliphatic hydroxyl groups excluding tert-OH is 1. The van der Waals surface area contributed by atoms with Crippen LogP contribution < -0.4 is 10.5 Å². The first-order valence-electron chi connectivity index (χ1n) is 12.5. The van der Waals surface area contributed by atoms with Gasteiger partial charge in [-0.15, -0.1) is 0 Å². The summed E-state index contributed by atoms with van der Waals surface area (Å²) in [5.74, 6) is -0.461. The summed E-state index contributed by atoms with van der Waals surface area (Å²) in [6, 6.07) is 4.43. The second-order valence-corrected chi connectivity index (χ2v) is 10.0. The molecular formula is C27H27FN6O4. The van der Waals surface area contributed by atoms with E-state index in [0.717, 1.165) is 12.8 Å². The normalized spacial score (nSPS) is 20.8. The van der Waals surface area contributed by atoms with Crippen LogP contribution in [-0.2, 0) is 4.79 Å². The summed E-state index contributed by atoms with van der Waals surface area (Å²) in [6.45, 7) is 0.948. The van der Waals surface area contributed by atoms with Gasteiger partial charge in [0.25, 0.3) is 0 Å². The zero-order valence-electron chi connectivity index (χ0n) is 21.0. The molecule has 0 saturated carbocycles. The van der Waals surface area contributed by atoms with Crippen molar-refractivity contribution in [2.24, 2.45) is 0 Å². The molecule has 2 fully saturated rings. The maximum absolute atomic E-state index is 14.2. The van der Waals surface area contributed by atoms with Crippen LogP contribution in [0.3, 0.4) is 0 Å². The molecule has 2 aliphatic rings. The Hall–Kier alpha value is -4.12. The van der Waals surface area contributed by atoms with Gasteiger partial charge in [0.2, 0.25) is 5.91 Å². The molecule has 0 aliphatic carbocycles. The lowest BCUT2D eigenvalue weighted by Gasteiger charge is -2.39. The molecule has 38 heavy (non-hydrogen) atoms. The number of halogens is 1. The number of piperidine rings is 1. The van der Waals surface area contributed by atoms with Gasteiger partial charge in [-0.25, -0.2) is 9.37 Å². The molecule has 0 spiro atoms. The Labute approximate surface area is 217 Å². The average molecular weight is 519 g/mol. The third-order valence-corrected chi connectivity index (χ3v) is 7.85. The number of nitrogen functional groups attached to an aromatic ring is 1. The Balaban J connectivity index is 1.48. The zero-order chi connectivity index (χ0) is 26.7. The summed E-state index contributed by atoms with van der Waals surface area (Å²) >= 11 is 0. The predicted octanol–water partition coefficient (Wildman–Crippen LogP) is 3.11. The zero-order valence-corrected chi connectivity index (χ0v) is 21.0. The topological polar surface area (TPSA) is 136 Å². The van der Waals surface area contributed by atoms with Crippen LogP contribution in [-0.4, -0.2) is 67.1 Å². The van der Waals surface area contributed by atoms with Gasteiger partial charge in [0, 0.05) is 46.8 Å². The molecule has 0 radical (unpaired) electrons. The molecule has 3 atom stereocenters. The predicted molar refractivity (Wildman–Crippen MR) is 137 cm³/mol. The third-order valence-electron chi connectivity index (χ3n) is 7.85. The van der Waals surface area contributed by atoms with E-state index in [1.165, 1.54) is 30.7 Å². The minimum Gasteiger partial charge on any atom is -0.494 e. The summed E-state index contributed by atoms with van der Waals surface area (Å²) in [4.78, 5) is 36.4. The van der Waals surface area contributed by atoms with Gasteiger partial charge in [-0.3, -0.25) is 14.6 Å². The number of fused-ring (bicyclic) bond motifs is 4. The van der Waals surface area contributed by atoms with Crippen LogP contribution in [0.1, 0.15) is 54.6 Å². The Morgan fingerprint density at radius 3 is 2.58 bits per heavy atom. The highest BCUT2D eigenvalue weighted by atomic mass is 19.1. The van der Waals surface area contributed by atoms with Crippen molar-refractivity contribution in [3.63, 3.8) is 0 Å². The summed E-state index contributed by atoms with van der Waals surface area (Å²) in [7, 11) is 1.46. The minimum absolute atomic E-state index is 0.0172. The number of rotatable bonds is 5. The van der Waals surface area contributed by atoms with Crippen molar-refractivity contribution in [1.29, 1.82) is 0 Å². The van der Waals surface area contributed by atoms with Crippen LogP contribution in [0.2, 0.25) is 0 Å². The number of Topliss-reactive ketones (excluding diaryl/α,β-unsaturated/α-hetero) is 1. The standard InChI is InChI=1S/C27H27FN6O4/c1-13(36)23-25(15-7-18-3-4-19(8-15)33(18)22(37)12-35)32-27-20(11-31-34(27)26(23)29)16-5-14-6-17(28)9-21(38-2)24(14)30-10-16/h5-6,9-11,15,18-19,35H,3-4,7-8,12,29H2,1-2H3/t15?,18-,19+. The molecule has 1 aromatic carbocycles. The summed E-state index contributed by atoms with van der Waals surface area (Å²) in [6.07, 6.45) is 6.21. The molecule has 3 N–H and O–H groups in total. The van der Waals surface area contributed by atoms with Crippen LogP contribution >= 0.6 is 0 Å². The number of pyridine rings is 1. The highest BCUT2D eigenvalue weighted by Crippen LogP contribution is 2.44. The Morgan fingerprint density at radius 2 is 1.92 bits per heavy atom. The van der Waals surface area contributed by atoms with Crippen LogP contribution in [0, 0.1) is 5.82 Å². The van der Waals surface area contributed by atoms with Gasteiger partial charge in [0.1, 0.15) is 29.5 Å². The summed E-state index contributed by atoms with van der Waals surface area (Å²) in [5, 5.41) is 14.4. The number of hydrogen-bond donors (Lipinski definition) is 2. The molecule has 2 bridgehead atoms. The number of ether oxygens (including phenoxy) is 1. The van der Waals surface area contributed by atoms with E-state index >= 15 is 0 Å². The average Bonchev–Trinajstić information content (AvgIpc) is 3.45. The van der Waals surface area contributed by atoms with Crippen molar-refractivity contribution in [3.05, 3.63) is 47.7 Å². The Bertz CT molecular complexity index is 1600. The molecule has 6 rings (SSSR count). The number of aromatic nitrogens is 4. The summed E-state index contributed by atoms with van der Waals surface area (Å²) < 4.78 is 20.9. The molecule has 2 saturated heterocycles. The fourth-order valence-electron chi connectivity index (χ4n) is 6.27. The van der Waals surface area contributed by atoms with Crippen molar-refractivity contribution >= 4 is 34.1 Å². The molecule has 1 unspecified atom stereocenters. The molecule has 1 amide bonds. The Kier molecular flexibility index (Phi) is 5.75. The molecule has 11 heteroatoms. The van der Waals surface area contributed by atoms with E-state index in [9.17, 15) is 19.1 Å². The molecule has 5 heterocycles. The number of aliphatic hydroxyl groups is 1. The lowest BCUT2D eigenvalue weighted by Crippen LogP contribution is -2.47. The van der Waals surface area contributed by atoms with Crippen molar-refractivity contribution < 1.29 is 23.8 Å². The van der Waals surface area contributed by atoms with Crippen LogP contribution in [0.5, 0.6) is 5.75 Å². The number of hydrogen-bond acceptors (Lipinski definition) is 8. The van der Waals surface area contributed by atoms with E-state index in [1.807, 2.05) is 0 Å². The number of nitrogens with zero attached hydrogens (tertiary/aromatic N) is 5. The molecule has 3 aromatic heterocycles. The maximum Gasteiger partial charge on any atom is 0.248 e. The van der Waals surface area contributed by atoms with Gasteiger partial charge in [0.15, 0.2) is 11.4 Å². The second-order valence-electron chi connectivity index (χ2n) is 10.0. The fraction of sp³-hybridized carbons (Fsp3) is 0.370. The number of ketones is 1. The van der Waals surface area contributed by atoms with E-state index in [0.29, 0.717) is 57.5 Å². The first-order valence-corrected chi connectivity index (χ1v) is 12.5. The maximum atomic E-state index is 14.2. The van der Waals surface area contributed by atoms with E-state index < -0.39 is 12.4 Å². The number of methoxy groups -OCH3 is 1. The van der Waals surface area contributed by atoms with Crippen LogP contribution in [0.25, 0.3) is 27.7 Å². The largest absolute Gasteiger partial charge is 0.494 e. The lowest BCUT2D eigenvalue weighted by atomic mass is 9.85. The molecular weight excluding hydrogens is 491 g/mol. The molecule has 4 aromatic rings. The highest BCUT2D eigenvalue weighted by molar-refractivity contribution is 6.00. The summed E-state index contributed by atoms with van der Waals surface area (Å²) in [5.41, 5.74) is 9.74. The van der Waals surface area contributed by atoms with Crippen molar-refractivity contribution in [2.45, 2.75) is 50.6 Å².